The lowest BCUT2D eigenvalue weighted by atomic mass is 10.2. The van der Waals surface area contributed by atoms with Gasteiger partial charge in [0.25, 0.3) is 0 Å². The molecule has 0 aliphatic rings. The molecule has 0 aliphatic carbocycles. The van der Waals surface area contributed by atoms with E-state index >= 15 is 0 Å². The largest absolute Gasteiger partial charge is 0.315 e. The van der Waals surface area contributed by atoms with Gasteiger partial charge < -0.3 is 4.57 Å². The van der Waals surface area contributed by atoms with Crippen LogP contribution in [0.3, 0.4) is 0 Å². The minimum atomic E-state index is 0.531. The topological polar surface area (TPSA) is 17.8 Å². The molecule has 1 heterocycles. The smallest absolute Gasteiger partial charge is 0.203 e. The molecule has 1 aromatic carbocycles. The van der Waals surface area contributed by atoms with Crippen molar-refractivity contribution in [3.05, 3.63) is 40.2 Å². The van der Waals surface area contributed by atoms with Crippen LogP contribution in [0.4, 0.5) is 0 Å². The molecule has 78 valence electrons. The Kier molecular flexibility index (Phi) is 3.12. The van der Waals surface area contributed by atoms with E-state index in [4.69, 9.17) is 11.6 Å². The summed E-state index contributed by atoms with van der Waals surface area (Å²) in [5.41, 5.74) is 2.15. The van der Waals surface area contributed by atoms with Gasteiger partial charge in [0.15, 0.2) is 0 Å². The fourth-order valence-electron chi connectivity index (χ4n) is 1.54. The van der Waals surface area contributed by atoms with Crippen LogP contribution in [0.2, 0.25) is 5.28 Å². The van der Waals surface area contributed by atoms with E-state index in [2.05, 4.69) is 20.9 Å². The van der Waals surface area contributed by atoms with Crippen molar-refractivity contribution in [3.63, 3.8) is 0 Å². The molecule has 0 saturated heterocycles. The van der Waals surface area contributed by atoms with Crippen molar-refractivity contribution in [1.82, 2.24) is 9.55 Å². The molecule has 1 aromatic heterocycles. The number of halogens is 2. The van der Waals surface area contributed by atoms with E-state index in [1.165, 1.54) is 0 Å². The third-order valence-electron chi connectivity index (χ3n) is 2.27. The maximum atomic E-state index is 5.98. The Balaban J connectivity index is 2.59. The van der Waals surface area contributed by atoms with Crippen LogP contribution >= 0.6 is 27.5 Å². The van der Waals surface area contributed by atoms with Crippen LogP contribution in [0.1, 0.15) is 6.92 Å². The normalized spacial score (nSPS) is 10.6. The Morgan fingerprint density at radius 2 is 2.13 bits per heavy atom. The van der Waals surface area contributed by atoms with Gasteiger partial charge in [0.05, 0.1) is 11.9 Å². The molecule has 0 atom stereocenters. The average Bonchev–Trinajstić information content (AvgIpc) is 2.60. The van der Waals surface area contributed by atoms with Crippen molar-refractivity contribution < 1.29 is 0 Å². The Morgan fingerprint density at radius 3 is 2.80 bits per heavy atom. The second-order valence-electron chi connectivity index (χ2n) is 3.14. The molecule has 2 aromatic rings. The Labute approximate surface area is 102 Å². The highest BCUT2D eigenvalue weighted by atomic mass is 79.9. The quantitative estimate of drug-likeness (QED) is 0.816. The van der Waals surface area contributed by atoms with Crippen LogP contribution in [0.5, 0.6) is 0 Å². The summed E-state index contributed by atoms with van der Waals surface area (Å²) < 4.78 is 3.03. The minimum Gasteiger partial charge on any atom is -0.315 e. The lowest BCUT2D eigenvalue weighted by Gasteiger charge is -2.07. The fourth-order valence-corrected chi connectivity index (χ4v) is 2.29. The van der Waals surface area contributed by atoms with E-state index in [9.17, 15) is 0 Å². The number of nitrogens with zero attached hydrogens (tertiary/aromatic N) is 2. The first-order valence-corrected chi connectivity index (χ1v) is 5.87. The predicted octanol–water partition coefficient (Wildman–Crippen LogP) is 3.99. The summed E-state index contributed by atoms with van der Waals surface area (Å²) in [5, 5.41) is 0.531. The van der Waals surface area contributed by atoms with Crippen LogP contribution in [-0.2, 0) is 6.54 Å². The molecule has 0 bridgehead atoms. The lowest BCUT2D eigenvalue weighted by molar-refractivity contribution is 0.769. The highest BCUT2D eigenvalue weighted by Crippen LogP contribution is 2.29. The molecule has 0 saturated carbocycles. The highest BCUT2D eigenvalue weighted by molar-refractivity contribution is 9.10. The van der Waals surface area contributed by atoms with Gasteiger partial charge in [-0.25, -0.2) is 4.98 Å². The van der Waals surface area contributed by atoms with Crippen LogP contribution < -0.4 is 0 Å². The number of benzene rings is 1. The van der Waals surface area contributed by atoms with Gasteiger partial charge in [0, 0.05) is 16.6 Å². The van der Waals surface area contributed by atoms with Gasteiger partial charge in [0.1, 0.15) is 0 Å². The van der Waals surface area contributed by atoms with Gasteiger partial charge in [-0.15, -0.1) is 0 Å². The minimum absolute atomic E-state index is 0.531. The van der Waals surface area contributed by atoms with E-state index < -0.39 is 0 Å². The van der Waals surface area contributed by atoms with E-state index in [1.807, 2.05) is 35.8 Å². The summed E-state index contributed by atoms with van der Waals surface area (Å²) in [4.78, 5) is 4.11. The first-order valence-electron chi connectivity index (χ1n) is 4.70. The molecule has 2 rings (SSSR count). The summed E-state index contributed by atoms with van der Waals surface area (Å²) in [6.45, 7) is 2.86. The number of rotatable bonds is 2. The van der Waals surface area contributed by atoms with Gasteiger partial charge in [-0.2, -0.15) is 0 Å². The molecule has 0 fully saturated rings. The van der Waals surface area contributed by atoms with Gasteiger partial charge in [0.2, 0.25) is 5.28 Å². The summed E-state index contributed by atoms with van der Waals surface area (Å²) >= 11 is 9.51. The van der Waals surface area contributed by atoms with Crippen LogP contribution in [0.25, 0.3) is 11.3 Å². The number of imidazole rings is 1. The van der Waals surface area contributed by atoms with Crippen molar-refractivity contribution >= 4 is 27.5 Å². The molecule has 0 spiro atoms. The molecular formula is C11H10BrClN2. The van der Waals surface area contributed by atoms with Gasteiger partial charge in [-0.3, -0.25) is 0 Å². The van der Waals surface area contributed by atoms with Crippen molar-refractivity contribution in [1.29, 1.82) is 0 Å². The monoisotopic (exact) mass is 284 g/mol. The molecule has 0 N–H and O–H groups in total. The standard InChI is InChI=1S/C11H10BrClN2/c1-2-15-10(7-14-11(15)13)8-5-3-4-6-9(8)12/h3-7H,2H2,1H3. The number of aromatic nitrogens is 2. The summed E-state index contributed by atoms with van der Waals surface area (Å²) in [6.07, 6.45) is 1.80. The van der Waals surface area contributed by atoms with Crippen molar-refractivity contribution in [2.24, 2.45) is 0 Å². The highest BCUT2D eigenvalue weighted by Gasteiger charge is 2.10. The first-order chi connectivity index (χ1) is 7.24. The van der Waals surface area contributed by atoms with E-state index in [0.29, 0.717) is 5.28 Å². The summed E-state index contributed by atoms with van der Waals surface area (Å²) in [5.74, 6) is 0. The van der Waals surface area contributed by atoms with Crippen LogP contribution in [0.15, 0.2) is 34.9 Å². The van der Waals surface area contributed by atoms with E-state index in [-0.39, 0.29) is 0 Å². The zero-order chi connectivity index (χ0) is 10.8. The van der Waals surface area contributed by atoms with Gasteiger partial charge in [-0.05, 0) is 24.6 Å². The second-order valence-corrected chi connectivity index (χ2v) is 4.33. The van der Waals surface area contributed by atoms with Crippen LogP contribution in [0, 0.1) is 0 Å². The van der Waals surface area contributed by atoms with Crippen molar-refractivity contribution in [2.75, 3.05) is 0 Å². The molecule has 0 unspecified atom stereocenters. The molecule has 0 amide bonds. The Bertz CT molecular complexity index is 479. The van der Waals surface area contributed by atoms with E-state index in [0.717, 1.165) is 22.3 Å². The molecule has 15 heavy (non-hydrogen) atoms. The second kappa shape index (κ2) is 4.37. The van der Waals surface area contributed by atoms with Gasteiger partial charge >= 0.3 is 0 Å². The maximum absolute atomic E-state index is 5.98. The summed E-state index contributed by atoms with van der Waals surface area (Å²) in [6, 6.07) is 8.04. The van der Waals surface area contributed by atoms with Crippen LogP contribution in [-0.4, -0.2) is 9.55 Å². The van der Waals surface area contributed by atoms with Gasteiger partial charge in [-0.1, -0.05) is 34.1 Å². The zero-order valence-electron chi connectivity index (χ0n) is 8.24. The molecule has 2 nitrogen and oxygen atoms in total. The van der Waals surface area contributed by atoms with Crippen molar-refractivity contribution in [2.45, 2.75) is 13.5 Å². The molecular weight excluding hydrogens is 275 g/mol. The zero-order valence-corrected chi connectivity index (χ0v) is 10.6. The third kappa shape index (κ3) is 1.94. The average molecular weight is 286 g/mol. The van der Waals surface area contributed by atoms with E-state index in [1.54, 1.807) is 6.20 Å². The summed E-state index contributed by atoms with van der Waals surface area (Å²) in [7, 11) is 0. The molecule has 0 aliphatic heterocycles. The SMILES string of the molecule is CCn1c(-c2ccccc2Br)cnc1Cl. The van der Waals surface area contributed by atoms with Crippen molar-refractivity contribution in [3.8, 4) is 11.3 Å². The molecule has 0 radical (unpaired) electrons. The predicted molar refractivity (Wildman–Crippen MR) is 66.0 cm³/mol. The lowest BCUT2D eigenvalue weighted by Crippen LogP contribution is -1.97. The Morgan fingerprint density at radius 1 is 1.40 bits per heavy atom. The number of hydrogen-bond acceptors (Lipinski definition) is 1. The first kappa shape index (κ1) is 10.7. The third-order valence-corrected chi connectivity index (χ3v) is 3.27. The fraction of sp³-hybridized carbons (Fsp3) is 0.182. The number of hydrogen-bond donors (Lipinski definition) is 0. The Hall–Kier alpha value is -0.800. The molecule has 4 heteroatoms. The maximum Gasteiger partial charge on any atom is 0.203 e.